The molecule has 0 unspecified atom stereocenters. The van der Waals surface area contributed by atoms with E-state index in [1.807, 2.05) is 0 Å². The number of hydrogen-bond donors (Lipinski definition) is 0. The van der Waals surface area contributed by atoms with Crippen molar-refractivity contribution in [2.45, 2.75) is 56.9 Å². The van der Waals surface area contributed by atoms with Crippen LogP contribution < -0.4 is 0 Å². The van der Waals surface area contributed by atoms with Crippen LogP contribution in [-0.4, -0.2) is 49.5 Å². The van der Waals surface area contributed by atoms with Crippen LogP contribution in [0, 0.1) is 0 Å². The predicted molar refractivity (Wildman–Crippen MR) is 74.1 cm³/mol. The van der Waals surface area contributed by atoms with Crippen LogP contribution >= 0.6 is 0 Å². The average molecular weight is 277 g/mol. The second-order valence-corrected chi connectivity index (χ2v) is 6.08. The van der Waals surface area contributed by atoms with E-state index in [4.69, 9.17) is 0 Å². The molecule has 20 heavy (non-hydrogen) atoms. The number of piperidine rings is 1. The molecule has 0 aromatic carbocycles. The minimum Gasteiger partial charge on any atom is -0.297 e. The van der Waals surface area contributed by atoms with Crippen LogP contribution in [0.4, 0.5) is 0 Å². The van der Waals surface area contributed by atoms with Gasteiger partial charge in [-0.15, -0.1) is 10.2 Å². The van der Waals surface area contributed by atoms with Gasteiger partial charge in [0.2, 0.25) is 0 Å². The minimum absolute atomic E-state index is 0.236. The molecule has 1 saturated heterocycles. The summed E-state index contributed by atoms with van der Waals surface area (Å²) in [6.07, 6.45) is 8.40. The summed E-state index contributed by atoms with van der Waals surface area (Å²) < 4.78 is 0. The van der Waals surface area contributed by atoms with Gasteiger partial charge < -0.3 is 0 Å². The summed E-state index contributed by atoms with van der Waals surface area (Å²) in [5, 5.41) is 11.9. The Hall–Kier alpha value is -1.30. The van der Waals surface area contributed by atoms with Gasteiger partial charge in [-0.3, -0.25) is 9.69 Å². The molecule has 110 valence electrons. The molecular formula is C14H23N5O. The molecule has 0 amide bonds. The van der Waals surface area contributed by atoms with Crippen molar-refractivity contribution in [2.75, 3.05) is 13.1 Å². The van der Waals surface area contributed by atoms with E-state index in [-0.39, 0.29) is 5.54 Å². The lowest BCUT2D eigenvalue weighted by atomic mass is 9.86. The highest BCUT2D eigenvalue weighted by Crippen LogP contribution is 2.38. The number of tetrazole rings is 1. The average Bonchev–Trinajstić information content (AvgIpc) is 3.10. The maximum absolute atomic E-state index is 12.9. The van der Waals surface area contributed by atoms with Crippen LogP contribution in [0.15, 0.2) is 0 Å². The first-order valence-electron chi connectivity index (χ1n) is 7.72. The second kappa shape index (κ2) is 5.60. The number of Topliss-reactive ketones (excluding diaryl/α,β-unsaturated/α-hetero) is 1. The molecule has 2 fully saturated rings. The van der Waals surface area contributed by atoms with E-state index in [1.165, 1.54) is 24.1 Å². The fraction of sp³-hybridized carbons (Fsp3) is 0.857. The van der Waals surface area contributed by atoms with Crippen molar-refractivity contribution in [1.82, 2.24) is 25.1 Å². The molecule has 6 nitrogen and oxygen atoms in total. The Bertz CT molecular complexity index is 472. The first-order chi connectivity index (χ1) is 9.71. The molecule has 0 spiro atoms. The van der Waals surface area contributed by atoms with Gasteiger partial charge in [-0.25, -0.2) is 0 Å². The molecule has 2 aliphatic rings. The van der Waals surface area contributed by atoms with Crippen molar-refractivity contribution in [3.05, 3.63) is 5.82 Å². The van der Waals surface area contributed by atoms with E-state index in [9.17, 15) is 4.79 Å². The van der Waals surface area contributed by atoms with E-state index in [2.05, 4.69) is 20.3 Å². The Balaban J connectivity index is 1.76. The van der Waals surface area contributed by atoms with E-state index in [0.29, 0.717) is 18.0 Å². The van der Waals surface area contributed by atoms with E-state index in [1.54, 1.807) is 7.05 Å². The van der Waals surface area contributed by atoms with Crippen molar-refractivity contribution in [3.8, 4) is 0 Å². The molecule has 6 heteroatoms. The SMILES string of the molecule is Cn1nnc(CC(=O)C2(N3CCCCC3)CCCC2)n1. The molecule has 1 aliphatic carbocycles. The molecular weight excluding hydrogens is 254 g/mol. The number of aromatic nitrogens is 4. The van der Waals surface area contributed by atoms with Gasteiger partial charge in [0.05, 0.1) is 19.0 Å². The highest BCUT2D eigenvalue weighted by Gasteiger charge is 2.45. The quantitative estimate of drug-likeness (QED) is 0.825. The first kappa shape index (κ1) is 13.7. The van der Waals surface area contributed by atoms with Gasteiger partial charge in [0.15, 0.2) is 11.6 Å². The van der Waals surface area contributed by atoms with Crippen LogP contribution in [0.5, 0.6) is 0 Å². The van der Waals surface area contributed by atoms with Gasteiger partial charge in [-0.2, -0.15) is 4.80 Å². The van der Waals surface area contributed by atoms with Crippen LogP contribution in [0.3, 0.4) is 0 Å². The Morgan fingerprint density at radius 3 is 2.45 bits per heavy atom. The van der Waals surface area contributed by atoms with Crippen LogP contribution in [-0.2, 0) is 18.3 Å². The van der Waals surface area contributed by atoms with Gasteiger partial charge >= 0.3 is 0 Å². The number of aryl methyl sites for hydroxylation is 1. The lowest BCUT2D eigenvalue weighted by Crippen LogP contribution is -2.55. The second-order valence-electron chi connectivity index (χ2n) is 6.08. The highest BCUT2D eigenvalue weighted by molar-refractivity contribution is 5.90. The predicted octanol–water partition coefficient (Wildman–Crippen LogP) is 1.12. The zero-order chi connectivity index (χ0) is 14.0. The number of carbonyl (C=O) groups excluding carboxylic acids is 1. The summed E-state index contributed by atoms with van der Waals surface area (Å²) >= 11 is 0. The van der Waals surface area contributed by atoms with Crippen LogP contribution in [0.1, 0.15) is 50.8 Å². The van der Waals surface area contributed by atoms with Gasteiger partial charge in [0.25, 0.3) is 0 Å². The maximum atomic E-state index is 12.9. The van der Waals surface area contributed by atoms with Crippen molar-refractivity contribution < 1.29 is 4.79 Å². The summed E-state index contributed by atoms with van der Waals surface area (Å²) in [6, 6.07) is 0. The molecule has 2 heterocycles. The molecule has 0 radical (unpaired) electrons. The molecule has 0 N–H and O–H groups in total. The van der Waals surface area contributed by atoms with Crippen molar-refractivity contribution in [3.63, 3.8) is 0 Å². The van der Waals surface area contributed by atoms with Crippen LogP contribution in [0.2, 0.25) is 0 Å². The van der Waals surface area contributed by atoms with E-state index >= 15 is 0 Å². The Morgan fingerprint density at radius 2 is 1.85 bits per heavy atom. The Labute approximate surface area is 119 Å². The first-order valence-corrected chi connectivity index (χ1v) is 7.72. The maximum Gasteiger partial charge on any atom is 0.182 e. The standard InChI is InChI=1S/C14H23N5O/c1-18-16-13(15-17-18)11-12(20)14(7-3-4-8-14)19-9-5-2-6-10-19/h2-11H2,1H3. The fourth-order valence-electron chi connectivity index (χ4n) is 3.76. The number of nitrogens with zero attached hydrogens (tertiary/aromatic N) is 5. The van der Waals surface area contributed by atoms with E-state index in [0.717, 1.165) is 38.8 Å². The molecule has 1 saturated carbocycles. The molecule has 1 aromatic rings. The number of carbonyl (C=O) groups is 1. The summed E-state index contributed by atoms with van der Waals surface area (Å²) in [4.78, 5) is 16.8. The third-order valence-corrected chi connectivity index (χ3v) is 4.78. The molecule has 3 rings (SSSR count). The number of hydrogen-bond acceptors (Lipinski definition) is 5. The zero-order valence-electron chi connectivity index (χ0n) is 12.2. The Kier molecular flexibility index (Phi) is 3.83. The smallest absolute Gasteiger partial charge is 0.182 e. The fourth-order valence-corrected chi connectivity index (χ4v) is 3.76. The number of rotatable bonds is 4. The normalized spacial score (nSPS) is 23.1. The Morgan fingerprint density at radius 1 is 1.15 bits per heavy atom. The summed E-state index contributed by atoms with van der Waals surface area (Å²) in [7, 11) is 1.73. The van der Waals surface area contributed by atoms with Gasteiger partial charge in [0.1, 0.15) is 0 Å². The largest absolute Gasteiger partial charge is 0.297 e. The summed E-state index contributed by atoms with van der Waals surface area (Å²) in [5.74, 6) is 0.852. The van der Waals surface area contributed by atoms with Gasteiger partial charge in [-0.05, 0) is 44.0 Å². The molecule has 0 bridgehead atoms. The summed E-state index contributed by atoms with van der Waals surface area (Å²) in [5.41, 5.74) is -0.236. The molecule has 0 atom stereocenters. The number of likely N-dealkylation sites (tertiary alicyclic amines) is 1. The monoisotopic (exact) mass is 277 g/mol. The third kappa shape index (κ3) is 2.49. The minimum atomic E-state index is -0.236. The van der Waals surface area contributed by atoms with Crippen molar-refractivity contribution in [1.29, 1.82) is 0 Å². The highest BCUT2D eigenvalue weighted by atomic mass is 16.1. The van der Waals surface area contributed by atoms with Gasteiger partial charge in [0, 0.05) is 0 Å². The zero-order valence-corrected chi connectivity index (χ0v) is 12.2. The summed E-state index contributed by atoms with van der Waals surface area (Å²) in [6.45, 7) is 2.14. The lowest BCUT2D eigenvalue weighted by Gasteiger charge is -2.42. The van der Waals surface area contributed by atoms with Crippen molar-refractivity contribution in [2.24, 2.45) is 7.05 Å². The third-order valence-electron chi connectivity index (χ3n) is 4.78. The van der Waals surface area contributed by atoms with Gasteiger partial charge in [-0.1, -0.05) is 19.3 Å². The molecule has 1 aliphatic heterocycles. The van der Waals surface area contributed by atoms with Crippen LogP contribution in [0.25, 0.3) is 0 Å². The number of ketones is 1. The topological polar surface area (TPSA) is 63.9 Å². The van der Waals surface area contributed by atoms with Crippen molar-refractivity contribution >= 4 is 5.78 Å². The molecule has 1 aromatic heterocycles. The van der Waals surface area contributed by atoms with E-state index < -0.39 is 0 Å². The lowest BCUT2D eigenvalue weighted by molar-refractivity contribution is -0.131.